The van der Waals surface area contributed by atoms with Gasteiger partial charge in [0.1, 0.15) is 6.17 Å². The van der Waals surface area contributed by atoms with Crippen molar-refractivity contribution in [3.05, 3.63) is 64.7 Å². The van der Waals surface area contributed by atoms with Crippen LogP contribution in [0.2, 0.25) is 5.02 Å². The van der Waals surface area contributed by atoms with Crippen molar-refractivity contribution in [1.29, 1.82) is 0 Å². The van der Waals surface area contributed by atoms with Gasteiger partial charge in [-0.25, -0.2) is 5.43 Å². The molecule has 5 rings (SSSR count). The van der Waals surface area contributed by atoms with Crippen LogP contribution in [0.25, 0.3) is 0 Å². The summed E-state index contributed by atoms with van der Waals surface area (Å²) >= 11 is 6.09. The lowest BCUT2D eigenvalue weighted by Gasteiger charge is -2.45. The van der Waals surface area contributed by atoms with Crippen LogP contribution in [0.4, 0.5) is 5.69 Å². The molecule has 5 nitrogen and oxygen atoms in total. The second-order valence-electron chi connectivity index (χ2n) is 8.00. The SMILES string of the molecule is O=C1c2ccccc2NC(C2CNNC2c2ccc(Cl)cc2)N1C1CCCC1. The van der Waals surface area contributed by atoms with Crippen LogP contribution in [-0.4, -0.2) is 29.6 Å². The summed E-state index contributed by atoms with van der Waals surface area (Å²) in [6.07, 6.45) is 4.53. The molecular weight excluding hydrogens is 372 g/mol. The van der Waals surface area contributed by atoms with Crippen LogP contribution in [0.1, 0.15) is 47.6 Å². The molecule has 146 valence electrons. The fourth-order valence-corrected chi connectivity index (χ4v) is 5.11. The Morgan fingerprint density at radius 2 is 1.75 bits per heavy atom. The van der Waals surface area contributed by atoms with E-state index in [-0.39, 0.29) is 24.0 Å². The Hall–Kier alpha value is -2.08. The number of rotatable bonds is 3. The maximum absolute atomic E-state index is 13.5. The van der Waals surface area contributed by atoms with Crippen LogP contribution in [0.15, 0.2) is 48.5 Å². The van der Waals surface area contributed by atoms with E-state index in [9.17, 15) is 4.79 Å². The average Bonchev–Trinajstić information content (AvgIpc) is 3.40. The Bertz CT molecular complexity index is 865. The van der Waals surface area contributed by atoms with Gasteiger partial charge in [0.05, 0.1) is 11.6 Å². The Kier molecular flexibility index (Phi) is 4.75. The molecule has 0 radical (unpaired) electrons. The lowest BCUT2D eigenvalue weighted by Crippen LogP contribution is -2.57. The number of amides is 1. The van der Waals surface area contributed by atoms with Crippen LogP contribution >= 0.6 is 11.6 Å². The fraction of sp³-hybridized carbons (Fsp3) is 0.409. The van der Waals surface area contributed by atoms with Gasteiger partial charge in [0.25, 0.3) is 5.91 Å². The number of para-hydroxylation sites is 1. The molecule has 2 fully saturated rings. The molecule has 3 unspecified atom stereocenters. The van der Waals surface area contributed by atoms with Crippen LogP contribution in [-0.2, 0) is 0 Å². The van der Waals surface area contributed by atoms with Crippen molar-refractivity contribution in [3.63, 3.8) is 0 Å². The first kappa shape index (κ1) is 18.0. The molecular formula is C22H25ClN4O. The Labute approximate surface area is 170 Å². The molecule has 0 bridgehead atoms. The van der Waals surface area contributed by atoms with Gasteiger partial charge in [-0.05, 0) is 42.7 Å². The topological polar surface area (TPSA) is 56.4 Å². The Morgan fingerprint density at radius 3 is 2.54 bits per heavy atom. The average molecular weight is 397 g/mol. The van der Waals surface area contributed by atoms with E-state index in [0.717, 1.165) is 35.7 Å². The summed E-state index contributed by atoms with van der Waals surface area (Å²) in [6, 6.07) is 16.3. The zero-order valence-corrected chi connectivity index (χ0v) is 16.5. The highest BCUT2D eigenvalue weighted by Gasteiger charge is 2.45. The van der Waals surface area contributed by atoms with E-state index in [2.05, 4.69) is 33.2 Å². The van der Waals surface area contributed by atoms with Crippen LogP contribution in [0, 0.1) is 5.92 Å². The van der Waals surface area contributed by atoms with Crippen molar-refractivity contribution in [1.82, 2.24) is 15.8 Å². The largest absolute Gasteiger partial charge is 0.364 e. The highest BCUT2D eigenvalue weighted by Crippen LogP contribution is 2.38. The summed E-state index contributed by atoms with van der Waals surface area (Å²) in [6.45, 7) is 0.795. The molecule has 1 saturated heterocycles. The number of benzene rings is 2. The first-order chi connectivity index (χ1) is 13.7. The third-order valence-corrected chi connectivity index (χ3v) is 6.62. The summed E-state index contributed by atoms with van der Waals surface area (Å²) in [4.78, 5) is 15.6. The summed E-state index contributed by atoms with van der Waals surface area (Å²) in [5, 5.41) is 4.44. The molecule has 2 aromatic rings. The number of hydrazine groups is 1. The molecule has 2 aromatic carbocycles. The lowest BCUT2D eigenvalue weighted by atomic mass is 9.88. The van der Waals surface area contributed by atoms with Gasteiger partial charge in [-0.3, -0.25) is 10.2 Å². The Morgan fingerprint density at radius 1 is 1.00 bits per heavy atom. The quantitative estimate of drug-likeness (QED) is 0.735. The van der Waals surface area contributed by atoms with E-state index in [1.807, 2.05) is 36.4 Å². The lowest BCUT2D eigenvalue weighted by molar-refractivity contribution is 0.0501. The molecule has 3 N–H and O–H groups in total. The molecule has 2 heterocycles. The number of anilines is 1. The molecule has 0 spiro atoms. The molecule has 3 aliphatic rings. The van der Waals surface area contributed by atoms with Gasteiger partial charge in [-0.1, -0.05) is 48.7 Å². The molecule has 1 aliphatic carbocycles. The van der Waals surface area contributed by atoms with Crippen molar-refractivity contribution in [3.8, 4) is 0 Å². The predicted molar refractivity (Wildman–Crippen MR) is 111 cm³/mol. The summed E-state index contributed by atoms with van der Waals surface area (Å²) < 4.78 is 0. The first-order valence-corrected chi connectivity index (χ1v) is 10.5. The molecule has 3 atom stereocenters. The van der Waals surface area contributed by atoms with Gasteiger partial charge in [0.15, 0.2) is 0 Å². The maximum atomic E-state index is 13.5. The van der Waals surface area contributed by atoms with Crippen molar-refractivity contribution in [2.24, 2.45) is 5.92 Å². The third kappa shape index (κ3) is 3.08. The fourth-order valence-electron chi connectivity index (χ4n) is 4.98. The number of hydrogen-bond donors (Lipinski definition) is 3. The standard InChI is InChI=1S/C22H25ClN4O/c23-15-11-9-14(10-12-15)20-18(13-24-26-20)21-25-19-8-4-3-7-17(19)22(28)27(21)16-5-1-2-6-16/h3-4,7-12,16,18,20-21,24-26H,1-2,5-6,13H2. The monoisotopic (exact) mass is 396 g/mol. The highest BCUT2D eigenvalue weighted by molar-refractivity contribution is 6.30. The van der Waals surface area contributed by atoms with Gasteiger partial charge < -0.3 is 10.2 Å². The van der Waals surface area contributed by atoms with Crippen LogP contribution in [0.5, 0.6) is 0 Å². The number of nitrogens with zero attached hydrogens (tertiary/aromatic N) is 1. The normalized spacial score (nSPS) is 27.7. The summed E-state index contributed by atoms with van der Waals surface area (Å²) in [5.41, 5.74) is 9.64. The molecule has 6 heteroatoms. The molecule has 0 aromatic heterocycles. The van der Waals surface area contributed by atoms with Crippen LogP contribution in [0.3, 0.4) is 0 Å². The van der Waals surface area contributed by atoms with E-state index >= 15 is 0 Å². The van der Waals surface area contributed by atoms with E-state index in [4.69, 9.17) is 11.6 Å². The van der Waals surface area contributed by atoms with Crippen molar-refractivity contribution in [2.45, 2.75) is 43.9 Å². The minimum atomic E-state index is -0.0475. The number of carbonyl (C=O) groups is 1. The maximum Gasteiger partial charge on any atom is 0.257 e. The second-order valence-corrected chi connectivity index (χ2v) is 8.44. The molecule has 1 amide bonds. The second kappa shape index (κ2) is 7.39. The van der Waals surface area contributed by atoms with E-state index < -0.39 is 0 Å². The zero-order chi connectivity index (χ0) is 19.1. The van der Waals surface area contributed by atoms with Gasteiger partial charge in [0.2, 0.25) is 0 Å². The molecule has 2 aliphatic heterocycles. The summed E-state index contributed by atoms with van der Waals surface area (Å²) in [5.74, 6) is 0.368. The van der Waals surface area contributed by atoms with Crippen molar-refractivity contribution >= 4 is 23.2 Å². The van der Waals surface area contributed by atoms with Gasteiger partial charge >= 0.3 is 0 Å². The number of fused-ring (bicyclic) bond motifs is 1. The summed E-state index contributed by atoms with van der Waals surface area (Å²) in [7, 11) is 0. The van der Waals surface area contributed by atoms with Crippen molar-refractivity contribution in [2.75, 3.05) is 11.9 Å². The van der Waals surface area contributed by atoms with Gasteiger partial charge in [-0.2, -0.15) is 0 Å². The number of carbonyl (C=O) groups excluding carboxylic acids is 1. The first-order valence-electron chi connectivity index (χ1n) is 10.1. The smallest absolute Gasteiger partial charge is 0.257 e. The third-order valence-electron chi connectivity index (χ3n) is 6.37. The number of hydrogen-bond acceptors (Lipinski definition) is 4. The molecule has 28 heavy (non-hydrogen) atoms. The zero-order valence-electron chi connectivity index (χ0n) is 15.7. The van der Waals surface area contributed by atoms with Gasteiger partial charge in [-0.15, -0.1) is 0 Å². The van der Waals surface area contributed by atoms with E-state index in [1.165, 1.54) is 18.4 Å². The Balaban J connectivity index is 1.52. The van der Waals surface area contributed by atoms with E-state index in [1.54, 1.807) is 0 Å². The molecule has 1 saturated carbocycles. The highest BCUT2D eigenvalue weighted by atomic mass is 35.5. The predicted octanol–water partition coefficient (Wildman–Crippen LogP) is 3.94. The van der Waals surface area contributed by atoms with Gasteiger partial charge in [0, 0.05) is 29.2 Å². The van der Waals surface area contributed by atoms with Crippen molar-refractivity contribution < 1.29 is 4.79 Å². The number of nitrogens with one attached hydrogen (secondary N) is 3. The minimum Gasteiger partial charge on any atom is -0.364 e. The van der Waals surface area contributed by atoms with Crippen LogP contribution < -0.4 is 16.2 Å². The number of halogens is 1. The van der Waals surface area contributed by atoms with E-state index in [0.29, 0.717) is 6.04 Å². The minimum absolute atomic E-state index is 0.0475.